The van der Waals surface area contributed by atoms with Crippen molar-refractivity contribution in [3.63, 3.8) is 0 Å². The number of hydrogen-bond acceptors (Lipinski definition) is 3. The number of aromatic nitrogens is 3. The maximum absolute atomic E-state index is 6.01. The predicted molar refractivity (Wildman–Crippen MR) is 95.0 cm³/mol. The summed E-state index contributed by atoms with van der Waals surface area (Å²) in [6, 6.07) is 10.1. The Morgan fingerprint density at radius 1 is 1.00 bits per heavy atom. The molecule has 3 aromatic rings. The van der Waals surface area contributed by atoms with Gasteiger partial charge >= 0.3 is 0 Å². The third-order valence-electron chi connectivity index (χ3n) is 4.60. The molecule has 0 radical (unpaired) electrons. The summed E-state index contributed by atoms with van der Waals surface area (Å²) in [7, 11) is 2.05. The van der Waals surface area contributed by atoms with Gasteiger partial charge in [0.15, 0.2) is 0 Å². The molecule has 118 valence electrons. The number of anilines is 1. The molecule has 5 heteroatoms. The summed E-state index contributed by atoms with van der Waals surface area (Å²) >= 11 is 6.01. The average Bonchev–Trinajstić information content (AvgIpc) is 2.93. The van der Waals surface area contributed by atoms with Crippen molar-refractivity contribution in [1.82, 2.24) is 14.5 Å². The van der Waals surface area contributed by atoms with E-state index in [2.05, 4.69) is 32.5 Å². The highest BCUT2D eigenvalue weighted by Gasteiger charge is 2.18. The van der Waals surface area contributed by atoms with Gasteiger partial charge in [-0.25, -0.2) is 9.97 Å². The van der Waals surface area contributed by atoms with E-state index in [0.717, 1.165) is 46.2 Å². The molecule has 1 aliphatic rings. The maximum atomic E-state index is 6.01. The van der Waals surface area contributed by atoms with Crippen LogP contribution in [0.5, 0.6) is 0 Å². The topological polar surface area (TPSA) is 34.0 Å². The van der Waals surface area contributed by atoms with Crippen molar-refractivity contribution in [2.24, 2.45) is 7.05 Å². The molecule has 0 N–H and O–H groups in total. The molecule has 1 fully saturated rings. The first-order valence-corrected chi connectivity index (χ1v) is 8.43. The lowest BCUT2D eigenvalue weighted by Gasteiger charge is -2.27. The minimum Gasteiger partial charge on any atom is -0.356 e. The number of piperidine rings is 1. The molecule has 0 atom stereocenters. The molecule has 0 spiro atoms. The van der Waals surface area contributed by atoms with Gasteiger partial charge < -0.3 is 9.47 Å². The molecular weight excluding hydrogens is 308 g/mol. The third kappa shape index (κ3) is 2.57. The summed E-state index contributed by atoms with van der Waals surface area (Å²) in [5.41, 5.74) is 3.25. The average molecular weight is 327 g/mol. The molecule has 3 heterocycles. The number of rotatable bonds is 2. The smallest absolute Gasteiger partial charge is 0.145 e. The van der Waals surface area contributed by atoms with E-state index in [-0.39, 0.29) is 0 Å². The van der Waals surface area contributed by atoms with Gasteiger partial charge in [-0.3, -0.25) is 0 Å². The van der Waals surface area contributed by atoms with E-state index in [1.54, 1.807) is 6.33 Å². The van der Waals surface area contributed by atoms with Gasteiger partial charge in [-0.2, -0.15) is 0 Å². The van der Waals surface area contributed by atoms with Crippen LogP contribution in [0.2, 0.25) is 5.02 Å². The van der Waals surface area contributed by atoms with Crippen LogP contribution in [0.1, 0.15) is 19.3 Å². The maximum Gasteiger partial charge on any atom is 0.145 e. The number of halogens is 1. The summed E-state index contributed by atoms with van der Waals surface area (Å²) in [4.78, 5) is 11.5. The molecule has 2 aromatic heterocycles. The molecule has 0 saturated carbocycles. The summed E-state index contributed by atoms with van der Waals surface area (Å²) in [6.45, 7) is 2.16. The van der Waals surface area contributed by atoms with Crippen LogP contribution < -0.4 is 4.90 Å². The molecule has 1 aliphatic heterocycles. The number of aryl methyl sites for hydroxylation is 1. The van der Waals surface area contributed by atoms with Crippen LogP contribution in [0.15, 0.2) is 36.7 Å². The molecule has 1 aromatic carbocycles. The summed E-state index contributed by atoms with van der Waals surface area (Å²) in [5.74, 6) is 1.06. The number of hydrogen-bond donors (Lipinski definition) is 0. The van der Waals surface area contributed by atoms with E-state index in [1.165, 1.54) is 19.3 Å². The van der Waals surface area contributed by atoms with Crippen molar-refractivity contribution >= 4 is 28.5 Å². The second-order valence-corrected chi connectivity index (χ2v) is 6.51. The quantitative estimate of drug-likeness (QED) is 0.705. The Labute approximate surface area is 140 Å². The Kier molecular flexibility index (Phi) is 3.69. The van der Waals surface area contributed by atoms with Gasteiger partial charge in [0, 0.05) is 25.2 Å². The third-order valence-corrected chi connectivity index (χ3v) is 4.85. The fourth-order valence-corrected chi connectivity index (χ4v) is 3.50. The minimum absolute atomic E-state index is 0.751. The van der Waals surface area contributed by atoms with Crippen molar-refractivity contribution in [3.8, 4) is 11.3 Å². The lowest BCUT2D eigenvalue weighted by molar-refractivity contribution is 0.574. The highest BCUT2D eigenvalue weighted by Crippen LogP contribution is 2.32. The van der Waals surface area contributed by atoms with Gasteiger partial charge in [0.25, 0.3) is 0 Å². The lowest BCUT2D eigenvalue weighted by Crippen LogP contribution is -2.30. The zero-order chi connectivity index (χ0) is 15.8. The zero-order valence-corrected chi connectivity index (χ0v) is 13.9. The molecule has 23 heavy (non-hydrogen) atoms. The fraction of sp³-hybridized carbons (Fsp3) is 0.333. The monoisotopic (exact) mass is 326 g/mol. The van der Waals surface area contributed by atoms with Crippen molar-refractivity contribution in [3.05, 3.63) is 41.7 Å². The van der Waals surface area contributed by atoms with E-state index in [1.807, 2.05) is 24.3 Å². The number of nitrogens with zero attached hydrogens (tertiary/aromatic N) is 4. The van der Waals surface area contributed by atoms with Crippen molar-refractivity contribution in [2.45, 2.75) is 19.3 Å². The second-order valence-electron chi connectivity index (χ2n) is 6.08. The first kappa shape index (κ1) is 14.5. The molecule has 0 aliphatic carbocycles. The van der Waals surface area contributed by atoms with E-state index in [4.69, 9.17) is 11.6 Å². The van der Waals surface area contributed by atoms with Crippen LogP contribution in [-0.2, 0) is 7.05 Å². The predicted octanol–water partition coefficient (Wildman–Crippen LogP) is 4.28. The largest absolute Gasteiger partial charge is 0.356 e. The fourth-order valence-electron chi connectivity index (χ4n) is 3.38. The summed E-state index contributed by atoms with van der Waals surface area (Å²) < 4.78 is 2.13. The lowest BCUT2D eigenvalue weighted by atomic mass is 10.1. The Morgan fingerprint density at radius 2 is 1.74 bits per heavy atom. The molecule has 4 nitrogen and oxygen atoms in total. The SMILES string of the molecule is Cn1c(-c2ccc(Cl)cc2)cc2c(N3CCCCC3)ncnc21. The van der Waals surface area contributed by atoms with Crippen LogP contribution in [0.4, 0.5) is 5.82 Å². The summed E-state index contributed by atoms with van der Waals surface area (Å²) in [5, 5.41) is 1.88. The first-order valence-electron chi connectivity index (χ1n) is 8.05. The minimum atomic E-state index is 0.751. The molecule has 0 bridgehead atoms. The van der Waals surface area contributed by atoms with Crippen molar-refractivity contribution in [2.75, 3.05) is 18.0 Å². The van der Waals surface area contributed by atoms with E-state index in [9.17, 15) is 0 Å². The van der Waals surface area contributed by atoms with Crippen LogP contribution in [0.3, 0.4) is 0 Å². The highest BCUT2D eigenvalue weighted by molar-refractivity contribution is 6.30. The first-order chi connectivity index (χ1) is 11.2. The summed E-state index contributed by atoms with van der Waals surface area (Å²) in [6.07, 6.45) is 5.47. The van der Waals surface area contributed by atoms with Crippen LogP contribution in [-0.4, -0.2) is 27.6 Å². The highest BCUT2D eigenvalue weighted by atomic mass is 35.5. The molecule has 0 amide bonds. The molecule has 1 saturated heterocycles. The van der Waals surface area contributed by atoms with Crippen LogP contribution in [0.25, 0.3) is 22.3 Å². The Bertz CT molecular complexity index is 832. The van der Waals surface area contributed by atoms with Crippen molar-refractivity contribution in [1.29, 1.82) is 0 Å². The normalized spacial score (nSPS) is 15.3. The van der Waals surface area contributed by atoms with Crippen LogP contribution >= 0.6 is 11.6 Å². The van der Waals surface area contributed by atoms with E-state index >= 15 is 0 Å². The van der Waals surface area contributed by atoms with Gasteiger partial charge in [0.2, 0.25) is 0 Å². The Morgan fingerprint density at radius 3 is 2.48 bits per heavy atom. The van der Waals surface area contributed by atoms with E-state index in [0.29, 0.717) is 0 Å². The van der Waals surface area contributed by atoms with Gasteiger partial charge in [-0.1, -0.05) is 23.7 Å². The van der Waals surface area contributed by atoms with Crippen molar-refractivity contribution < 1.29 is 0 Å². The van der Waals surface area contributed by atoms with Crippen LogP contribution in [0, 0.1) is 0 Å². The number of benzene rings is 1. The molecular formula is C18H19ClN4. The Hall–Kier alpha value is -2.07. The van der Waals surface area contributed by atoms with E-state index < -0.39 is 0 Å². The standard InChI is InChI=1S/C18H19ClN4/c1-22-16(13-5-7-14(19)8-6-13)11-15-17(22)20-12-21-18(15)23-9-3-2-4-10-23/h5-8,11-12H,2-4,9-10H2,1H3. The van der Waals surface area contributed by atoms with Gasteiger partial charge in [-0.05, 0) is 43.0 Å². The van der Waals surface area contributed by atoms with Gasteiger partial charge in [0.05, 0.1) is 11.1 Å². The molecule has 0 unspecified atom stereocenters. The van der Waals surface area contributed by atoms with Gasteiger partial charge in [-0.15, -0.1) is 0 Å². The molecule has 4 rings (SSSR count). The Balaban J connectivity index is 1.85. The number of fused-ring (bicyclic) bond motifs is 1. The van der Waals surface area contributed by atoms with Gasteiger partial charge in [0.1, 0.15) is 17.8 Å². The zero-order valence-electron chi connectivity index (χ0n) is 13.2. The second kappa shape index (κ2) is 5.85.